The minimum atomic E-state index is -3.86. The molecule has 0 saturated carbocycles. The van der Waals surface area contributed by atoms with Crippen LogP contribution in [0.3, 0.4) is 0 Å². The van der Waals surface area contributed by atoms with Gasteiger partial charge in [-0.05, 0) is 36.4 Å². The van der Waals surface area contributed by atoms with Gasteiger partial charge < -0.3 is 4.74 Å². The molecule has 2 aromatic rings. The van der Waals surface area contributed by atoms with E-state index < -0.39 is 45.6 Å². The van der Waals surface area contributed by atoms with E-state index >= 15 is 0 Å². The van der Waals surface area contributed by atoms with Gasteiger partial charge in [0, 0.05) is 11.6 Å². The molecule has 27 heavy (non-hydrogen) atoms. The molecular weight excluding hydrogens is 404 g/mol. The van der Waals surface area contributed by atoms with Gasteiger partial charge in [0.1, 0.15) is 11.6 Å². The van der Waals surface area contributed by atoms with Gasteiger partial charge in [-0.1, -0.05) is 17.7 Å². The molecule has 2 rings (SSSR count). The lowest BCUT2D eigenvalue weighted by molar-refractivity contribution is -0.142. The van der Waals surface area contributed by atoms with Crippen molar-refractivity contribution in [3.8, 4) is 0 Å². The van der Waals surface area contributed by atoms with Crippen molar-refractivity contribution < 1.29 is 31.5 Å². The van der Waals surface area contributed by atoms with Gasteiger partial charge in [-0.3, -0.25) is 9.59 Å². The Bertz CT molecular complexity index is 966. The van der Waals surface area contributed by atoms with Crippen LogP contribution in [0.1, 0.15) is 16.8 Å². The van der Waals surface area contributed by atoms with Crippen molar-refractivity contribution in [2.45, 2.75) is 11.3 Å². The van der Waals surface area contributed by atoms with Gasteiger partial charge >= 0.3 is 5.97 Å². The molecule has 6 nitrogen and oxygen atoms in total. The van der Waals surface area contributed by atoms with Crippen LogP contribution < -0.4 is 4.72 Å². The lowest BCUT2D eigenvalue weighted by atomic mass is 10.1. The Kier molecular flexibility index (Phi) is 7.00. The summed E-state index contributed by atoms with van der Waals surface area (Å²) >= 11 is 5.73. The van der Waals surface area contributed by atoms with Gasteiger partial charge in [0.05, 0.1) is 16.9 Å². The summed E-state index contributed by atoms with van der Waals surface area (Å²) in [4.78, 5) is 23.3. The lowest BCUT2D eigenvalue weighted by Crippen LogP contribution is -2.27. The fraction of sp³-hybridized carbons (Fsp3) is 0.176. The predicted octanol–water partition coefficient (Wildman–Crippen LogP) is 2.71. The minimum absolute atomic E-state index is 0.0693. The van der Waals surface area contributed by atoms with Crippen LogP contribution in [0.25, 0.3) is 0 Å². The molecule has 2 aromatic carbocycles. The van der Waals surface area contributed by atoms with Gasteiger partial charge in [0.15, 0.2) is 6.61 Å². The van der Waals surface area contributed by atoms with Crippen molar-refractivity contribution in [1.29, 1.82) is 0 Å². The first-order valence-electron chi connectivity index (χ1n) is 7.58. The number of esters is 1. The van der Waals surface area contributed by atoms with Crippen molar-refractivity contribution in [1.82, 2.24) is 4.72 Å². The number of rotatable bonds is 8. The number of sulfonamides is 1. The predicted molar refractivity (Wildman–Crippen MR) is 92.9 cm³/mol. The fourth-order valence-electron chi connectivity index (χ4n) is 2.01. The van der Waals surface area contributed by atoms with Crippen LogP contribution >= 0.6 is 11.6 Å². The largest absolute Gasteiger partial charge is 0.457 e. The molecule has 0 atom stereocenters. The third-order valence-corrected chi connectivity index (χ3v) is 5.01. The number of benzene rings is 2. The van der Waals surface area contributed by atoms with E-state index in [0.717, 1.165) is 12.1 Å². The average molecular weight is 418 g/mol. The van der Waals surface area contributed by atoms with Crippen LogP contribution in [0.2, 0.25) is 5.02 Å². The smallest absolute Gasteiger partial charge is 0.307 e. The Morgan fingerprint density at radius 2 is 1.85 bits per heavy atom. The summed E-state index contributed by atoms with van der Waals surface area (Å²) in [6.45, 7) is -1.07. The van der Waals surface area contributed by atoms with E-state index in [9.17, 15) is 26.8 Å². The standard InChI is InChI=1S/C17H14ClF2NO5S/c18-11-2-1-3-13(8-11)27(24,25)21-7-6-17(23)26-10-16(22)14-9-12(19)4-5-15(14)20/h1-5,8-9,21H,6-7,10H2. The van der Waals surface area contributed by atoms with Gasteiger partial charge in [0.25, 0.3) is 0 Å². The first-order valence-corrected chi connectivity index (χ1v) is 9.44. The van der Waals surface area contributed by atoms with Crippen molar-refractivity contribution >= 4 is 33.4 Å². The highest BCUT2D eigenvalue weighted by Gasteiger charge is 2.17. The van der Waals surface area contributed by atoms with Crippen LogP contribution in [0.4, 0.5) is 8.78 Å². The van der Waals surface area contributed by atoms with Crippen molar-refractivity contribution in [3.63, 3.8) is 0 Å². The van der Waals surface area contributed by atoms with E-state index in [1.807, 2.05) is 0 Å². The van der Waals surface area contributed by atoms with Crippen LogP contribution in [0, 0.1) is 11.6 Å². The van der Waals surface area contributed by atoms with Crippen LogP contribution in [-0.4, -0.2) is 33.3 Å². The van der Waals surface area contributed by atoms with Crippen molar-refractivity contribution in [3.05, 3.63) is 64.7 Å². The van der Waals surface area contributed by atoms with Crippen molar-refractivity contribution in [2.24, 2.45) is 0 Å². The zero-order valence-electron chi connectivity index (χ0n) is 13.7. The maximum absolute atomic E-state index is 13.5. The molecule has 0 unspecified atom stereocenters. The molecule has 0 aromatic heterocycles. The third-order valence-electron chi connectivity index (χ3n) is 3.32. The summed E-state index contributed by atoms with van der Waals surface area (Å²) in [6.07, 6.45) is -0.362. The van der Waals surface area contributed by atoms with Crippen LogP contribution in [-0.2, 0) is 19.6 Å². The topological polar surface area (TPSA) is 89.5 Å². The minimum Gasteiger partial charge on any atom is -0.457 e. The Hall–Kier alpha value is -2.36. The molecule has 0 aliphatic carbocycles. The summed E-state index contributed by atoms with van der Waals surface area (Å²) in [6, 6.07) is 7.88. The second kappa shape index (κ2) is 9.03. The lowest BCUT2D eigenvalue weighted by Gasteiger charge is -2.08. The molecule has 0 amide bonds. The molecule has 0 aliphatic heterocycles. The number of ether oxygens (including phenoxy) is 1. The first kappa shape index (κ1) is 20.9. The fourth-order valence-corrected chi connectivity index (χ4v) is 3.34. The summed E-state index contributed by atoms with van der Waals surface area (Å²) < 4.78 is 57.4. The Balaban J connectivity index is 1.82. The number of halogens is 3. The van der Waals surface area contributed by atoms with E-state index in [1.54, 1.807) is 0 Å². The molecule has 0 fully saturated rings. The molecule has 144 valence electrons. The van der Waals surface area contributed by atoms with Gasteiger partial charge in [-0.2, -0.15) is 0 Å². The Morgan fingerprint density at radius 3 is 2.56 bits per heavy atom. The zero-order valence-corrected chi connectivity index (χ0v) is 15.3. The second-order valence-electron chi connectivity index (χ2n) is 5.31. The highest BCUT2D eigenvalue weighted by molar-refractivity contribution is 7.89. The number of ketones is 1. The number of carbonyl (C=O) groups excluding carboxylic acids is 2. The van der Waals surface area contributed by atoms with E-state index in [-0.39, 0.29) is 22.9 Å². The first-order chi connectivity index (χ1) is 12.7. The molecular formula is C17H14ClF2NO5S. The maximum atomic E-state index is 13.5. The van der Waals surface area contributed by atoms with E-state index in [1.165, 1.54) is 24.3 Å². The monoisotopic (exact) mass is 417 g/mol. The SMILES string of the molecule is O=C(CCNS(=O)(=O)c1cccc(Cl)c1)OCC(=O)c1cc(F)ccc1F. The molecule has 0 saturated heterocycles. The number of hydrogen-bond donors (Lipinski definition) is 1. The van der Waals surface area contributed by atoms with E-state index in [2.05, 4.69) is 9.46 Å². The summed E-state index contributed by atoms with van der Waals surface area (Å²) in [5.74, 6) is -3.54. The summed E-state index contributed by atoms with van der Waals surface area (Å²) in [5, 5.41) is 0.236. The quantitative estimate of drug-likeness (QED) is 0.527. The molecule has 10 heteroatoms. The highest BCUT2D eigenvalue weighted by Crippen LogP contribution is 2.15. The van der Waals surface area contributed by atoms with Gasteiger partial charge in [-0.25, -0.2) is 21.9 Å². The molecule has 0 bridgehead atoms. The van der Waals surface area contributed by atoms with Crippen molar-refractivity contribution in [2.75, 3.05) is 13.2 Å². The summed E-state index contributed by atoms with van der Waals surface area (Å²) in [7, 11) is -3.86. The third kappa shape index (κ3) is 6.09. The molecule has 1 N–H and O–H groups in total. The average Bonchev–Trinajstić information content (AvgIpc) is 2.61. The number of nitrogens with one attached hydrogen (secondary N) is 1. The Morgan fingerprint density at radius 1 is 1.11 bits per heavy atom. The summed E-state index contributed by atoms with van der Waals surface area (Å²) in [5.41, 5.74) is -0.538. The molecule has 0 aliphatic rings. The van der Waals surface area contributed by atoms with Crippen LogP contribution in [0.15, 0.2) is 47.4 Å². The normalized spacial score (nSPS) is 11.2. The number of Topliss-reactive ketones (excluding diaryl/α,β-unsaturated/α-hetero) is 1. The van der Waals surface area contributed by atoms with E-state index in [0.29, 0.717) is 6.07 Å². The number of carbonyl (C=O) groups is 2. The molecule has 0 heterocycles. The van der Waals surface area contributed by atoms with Crippen LogP contribution in [0.5, 0.6) is 0 Å². The highest BCUT2D eigenvalue weighted by atomic mass is 35.5. The maximum Gasteiger partial charge on any atom is 0.307 e. The molecule has 0 radical (unpaired) electrons. The van der Waals surface area contributed by atoms with Gasteiger partial charge in [-0.15, -0.1) is 0 Å². The second-order valence-corrected chi connectivity index (χ2v) is 7.52. The van der Waals surface area contributed by atoms with Gasteiger partial charge in [0.2, 0.25) is 15.8 Å². The molecule has 0 spiro atoms. The zero-order chi connectivity index (χ0) is 20.0. The van der Waals surface area contributed by atoms with E-state index in [4.69, 9.17) is 11.6 Å². The number of hydrogen-bond acceptors (Lipinski definition) is 5. The Labute approximate surface area is 159 Å².